The lowest BCUT2D eigenvalue weighted by molar-refractivity contribution is 0.129. The SMILES string of the molecule is CC(C)c1cc(F)ccc1OC(C)(C)C. The molecule has 0 spiro atoms. The van der Waals surface area contributed by atoms with Crippen molar-refractivity contribution in [3.63, 3.8) is 0 Å². The van der Waals surface area contributed by atoms with E-state index in [2.05, 4.69) is 0 Å². The molecule has 0 bridgehead atoms. The predicted octanol–water partition coefficient (Wildman–Crippen LogP) is 4.13. The number of rotatable bonds is 2. The quantitative estimate of drug-likeness (QED) is 0.713. The number of benzene rings is 1. The molecule has 1 aromatic carbocycles. The average Bonchev–Trinajstić information content (AvgIpc) is 2.05. The molecule has 1 aromatic rings. The molecular formula is C13H19FO. The summed E-state index contributed by atoms with van der Waals surface area (Å²) in [5.41, 5.74) is 0.673. The van der Waals surface area contributed by atoms with E-state index in [1.165, 1.54) is 6.07 Å². The summed E-state index contributed by atoms with van der Waals surface area (Å²) in [5.74, 6) is 0.830. The highest BCUT2D eigenvalue weighted by atomic mass is 19.1. The topological polar surface area (TPSA) is 9.23 Å². The Balaban J connectivity index is 3.06. The number of hydrogen-bond donors (Lipinski definition) is 0. The van der Waals surface area contributed by atoms with Gasteiger partial charge in [0.15, 0.2) is 0 Å². The Morgan fingerprint density at radius 2 is 1.80 bits per heavy atom. The van der Waals surface area contributed by atoms with E-state index in [1.807, 2.05) is 34.6 Å². The molecule has 2 heteroatoms. The Labute approximate surface area is 91.3 Å². The van der Waals surface area contributed by atoms with Crippen molar-refractivity contribution in [3.8, 4) is 5.75 Å². The van der Waals surface area contributed by atoms with Gasteiger partial charge in [-0.05, 0) is 50.5 Å². The molecule has 0 N–H and O–H groups in total. The molecule has 0 aliphatic rings. The Morgan fingerprint density at radius 3 is 2.27 bits per heavy atom. The molecule has 0 aliphatic carbocycles. The van der Waals surface area contributed by atoms with E-state index in [1.54, 1.807) is 12.1 Å². The summed E-state index contributed by atoms with van der Waals surface area (Å²) in [6, 6.07) is 4.69. The van der Waals surface area contributed by atoms with Crippen LogP contribution >= 0.6 is 0 Å². The average molecular weight is 210 g/mol. The van der Waals surface area contributed by atoms with Crippen molar-refractivity contribution in [1.29, 1.82) is 0 Å². The van der Waals surface area contributed by atoms with Crippen LogP contribution in [0.1, 0.15) is 46.1 Å². The van der Waals surface area contributed by atoms with Crippen LogP contribution in [0.25, 0.3) is 0 Å². The van der Waals surface area contributed by atoms with E-state index in [-0.39, 0.29) is 17.3 Å². The predicted molar refractivity (Wildman–Crippen MR) is 60.9 cm³/mol. The zero-order chi connectivity index (χ0) is 11.6. The van der Waals surface area contributed by atoms with Crippen molar-refractivity contribution in [1.82, 2.24) is 0 Å². The minimum absolute atomic E-state index is 0.208. The first-order valence-corrected chi connectivity index (χ1v) is 5.28. The van der Waals surface area contributed by atoms with Gasteiger partial charge in [-0.15, -0.1) is 0 Å². The number of ether oxygens (including phenoxy) is 1. The molecule has 1 rings (SSSR count). The van der Waals surface area contributed by atoms with Gasteiger partial charge in [0.2, 0.25) is 0 Å². The first kappa shape index (κ1) is 12.0. The van der Waals surface area contributed by atoms with Crippen LogP contribution in [-0.2, 0) is 0 Å². The molecule has 0 fully saturated rings. The van der Waals surface area contributed by atoms with E-state index >= 15 is 0 Å². The van der Waals surface area contributed by atoms with Gasteiger partial charge in [0, 0.05) is 0 Å². The lowest BCUT2D eigenvalue weighted by Gasteiger charge is -2.24. The smallest absolute Gasteiger partial charge is 0.123 e. The lowest BCUT2D eigenvalue weighted by Crippen LogP contribution is -2.23. The van der Waals surface area contributed by atoms with Crippen molar-refractivity contribution in [2.75, 3.05) is 0 Å². The monoisotopic (exact) mass is 210 g/mol. The highest BCUT2D eigenvalue weighted by molar-refractivity contribution is 5.36. The van der Waals surface area contributed by atoms with Gasteiger partial charge in [0.1, 0.15) is 17.2 Å². The summed E-state index contributed by atoms with van der Waals surface area (Å²) in [6.07, 6.45) is 0. The Bertz CT molecular complexity index is 337. The third-order valence-corrected chi connectivity index (χ3v) is 2.01. The van der Waals surface area contributed by atoms with Gasteiger partial charge >= 0.3 is 0 Å². The third-order valence-electron chi connectivity index (χ3n) is 2.01. The lowest BCUT2D eigenvalue weighted by atomic mass is 10.0. The Kier molecular flexibility index (Phi) is 3.38. The fraction of sp³-hybridized carbons (Fsp3) is 0.538. The van der Waals surface area contributed by atoms with E-state index in [9.17, 15) is 4.39 Å². The zero-order valence-electron chi connectivity index (χ0n) is 10.1. The second kappa shape index (κ2) is 4.21. The summed E-state index contributed by atoms with van der Waals surface area (Å²) in [6.45, 7) is 10.0. The number of halogens is 1. The fourth-order valence-corrected chi connectivity index (χ4v) is 1.39. The molecule has 0 saturated heterocycles. The highest BCUT2D eigenvalue weighted by Crippen LogP contribution is 2.29. The summed E-state index contributed by atoms with van der Waals surface area (Å²) in [7, 11) is 0. The van der Waals surface area contributed by atoms with Crippen LogP contribution in [0.4, 0.5) is 4.39 Å². The van der Waals surface area contributed by atoms with Crippen molar-refractivity contribution in [3.05, 3.63) is 29.6 Å². The summed E-state index contributed by atoms with van der Waals surface area (Å²) in [4.78, 5) is 0. The van der Waals surface area contributed by atoms with Crippen LogP contribution in [0.5, 0.6) is 5.75 Å². The van der Waals surface area contributed by atoms with Gasteiger partial charge < -0.3 is 4.74 Å². The van der Waals surface area contributed by atoms with E-state index < -0.39 is 0 Å². The summed E-state index contributed by atoms with van der Waals surface area (Å²) in [5, 5.41) is 0. The standard InChI is InChI=1S/C13H19FO/c1-9(2)11-8-10(14)6-7-12(11)15-13(3,4)5/h6-9H,1-5H3. The first-order valence-electron chi connectivity index (χ1n) is 5.28. The molecule has 1 nitrogen and oxygen atoms in total. The highest BCUT2D eigenvalue weighted by Gasteiger charge is 2.16. The second-order valence-corrected chi connectivity index (χ2v) is 5.05. The van der Waals surface area contributed by atoms with E-state index in [4.69, 9.17) is 4.74 Å². The molecule has 0 unspecified atom stereocenters. The molecule has 0 aliphatic heterocycles. The van der Waals surface area contributed by atoms with Crippen molar-refractivity contribution in [2.24, 2.45) is 0 Å². The van der Waals surface area contributed by atoms with Crippen molar-refractivity contribution < 1.29 is 9.13 Å². The molecule has 0 saturated carbocycles. The maximum Gasteiger partial charge on any atom is 0.123 e. The van der Waals surface area contributed by atoms with Gasteiger partial charge in [-0.25, -0.2) is 4.39 Å². The third kappa shape index (κ3) is 3.54. The fourth-order valence-electron chi connectivity index (χ4n) is 1.39. The van der Waals surface area contributed by atoms with Gasteiger partial charge in [0.25, 0.3) is 0 Å². The van der Waals surface area contributed by atoms with Gasteiger partial charge in [0.05, 0.1) is 0 Å². The Morgan fingerprint density at radius 1 is 1.20 bits per heavy atom. The second-order valence-electron chi connectivity index (χ2n) is 5.05. The molecular weight excluding hydrogens is 191 g/mol. The van der Waals surface area contributed by atoms with Gasteiger partial charge in [-0.3, -0.25) is 0 Å². The van der Waals surface area contributed by atoms with E-state index in [0.717, 1.165) is 11.3 Å². The van der Waals surface area contributed by atoms with Gasteiger partial charge in [-0.1, -0.05) is 13.8 Å². The maximum atomic E-state index is 13.1. The summed E-state index contributed by atoms with van der Waals surface area (Å²) < 4.78 is 18.9. The van der Waals surface area contributed by atoms with Crippen LogP contribution in [0.2, 0.25) is 0 Å². The zero-order valence-corrected chi connectivity index (χ0v) is 10.1. The van der Waals surface area contributed by atoms with Gasteiger partial charge in [-0.2, -0.15) is 0 Å². The Hall–Kier alpha value is -1.05. The first-order chi connectivity index (χ1) is 6.79. The molecule has 0 atom stereocenters. The molecule has 0 aromatic heterocycles. The maximum absolute atomic E-state index is 13.1. The van der Waals surface area contributed by atoms with Crippen LogP contribution in [-0.4, -0.2) is 5.60 Å². The molecule has 0 radical (unpaired) electrons. The van der Waals surface area contributed by atoms with Crippen LogP contribution in [0.3, 0.4) is 0 Å². The molecule has 0 heterocycles. The normalized spacial score (nSPS) is 11.9. The molecule has 84 valence electrons. The minimum atomic E-state index is -0.249. The van der Waals surface area contributed by atoms with Crippen molar-refractivity contribution >= 4 is 0 Å². The van der Waals surface area contributed by atoms with Crippen LogP contribution in [0, 0.1) is 5.82 Å². The van der Waals surface area contributed by atoms with Crippen molar-refractivity contribution in [2.45, 2.75) is 46.1 Å². The number of hydrogen-bond acceptors (Lipinski definition) is 1. The molecule has 15 heavy (non-hydrogen) atoms. The minimum Gasteiger partial charge on any atom is -0.488 e. The van der Waals surface area contributed by atoms with Crippen LogP contribution in [0.15, 0.2) is 18.2 Å². The molecule has 0 amide bonds. The van der Waals surface area contributed by atoms with E-state index in [0.29, 0.717) is 0 Å². The largest absolute Gasteiger partial charge is 0.488 e. The summed E-state index contributed by atoms with van der Waals surface area (Å²) >= 11 is 0. The van der Waals surface area contributed by atoms with Crippen LogP contribution < -0.4 is 4.74 Å².